The fourth-order valence-electron chi connectivity index (χ4n) is 3.20. The molecule has 119 valence electrons. The van der Waals surface area contributed by atoms with E-state index in [2.05, 4.69) is 91.0 Å². The van der Waals surface area contributed by atoms with Crippen molar-refractivity contribution >= 4 is 0 Å². The van der Waals surface area contributed by atoms with Crippen LogP contribution < -0.4 is 0 Å². The van der Waals surface area contributed by atoms with Crippen LogP contribution in [0.15, 0.2) is 91.0 Å². The zero-order chi connectivity index (χ0) is 16.7. The maximum atomic E-state index is 6.29. The average Bonchev–Trinajstić information content (AvgIpc) is 2.64. The summed E-state index contributed by atoms with van der Waals surface area (Å²) in [6, 6.07) is 32.1. The molecular formula is C22H21HfO. The van der Waals surface area contributed by atoms with Crippen molar-refractivity contribution in [2.75, 3.05) is 0 Å². The van der Waals surface area contributed by atoms with Gasteiger partial charge in [-0.1, -0.05) is 0 Å². The van der Waals surface area contributed by atoms with Crippen LogP contribution in [0, 0.1) is 0 Å². The van der Waals surface area contributed by atoms with Crippen LogP contribution in [0.1, 0.15) is 16.7 Å². The number of benzene rings is 3. The Kier molecular flexibility index (Phi) is 6.17. The molecular weight excluding hydrogens is 459 g/mol. The summed E-state index contributed by atoms with van der Waals surface area (Å²) in [5, 5.41) is 0. The van der Waals surface area contributed by atoms with Gasteiger partial charge in [-0.05, 0) is 0 Å². The van der Waals surface area contributed by atoms with Crippen LogP contribution in [0.25, 0.3) is 0 Å². The Bertz CT molecular complexity index is 624. The monoisotopic (exact) mass is 481 g/mol. The quantitative estimate of drug-likeness (QED) is 0.437. The molecule has 0 aliphatic rings. The van der Waals surface area contributed by atoms with Crippen molar-refractivity contribution in [3.8, 4) is 0 Å². The molecule has 0 radical (unpaired) electrons. The van der Waals surface area contributed by atoms with Gasteiger partial charge in [-0.3, -0.25) is 0 Å². The van der Waals surface area contributed by atoms with E-state index < -0.39 is 0 Å². The van der Waals surface area contributed by atoms with Crippen LogP contribution in [0.4, 0.5) is 0 Å². The summed E-state index contributed by atoms with van der Waals surface area (Å²) in [6.45, 7) is 0. The summed E-state index contributed by atoms with van der Waals surface area (Å²) in [4.78, 5) is 0. The van der Waals surface area contributed by atoms with Crippen molar-refractivity contribution in [2.45, 2.75) is 24.9 Å². The molecule has 0 aromatic heterocycles. The van der Waals surface area contributed by atoms with Gasteiger partial charge in [-0.15, -0.1) is 0 Å². The predicted molar refractivity (Wildman–Crippen MR) is 94.3 cm³/mol. The van der Waals surface area contributed by atoms with Gasteiger partial charge in [0.25, 0.3) is 0 Å². The Morgan fingerprint density at radius 1 is 0.542 bits per heavy atom. The van der Waals surface area contributed by atoms with E-state index in [0.717, 1.165) is 44.1 Å². The van der Waals surface area contributed by atoms with E-state index in [-0.39, 0.29) is 5.60 Å². The molecule has 0 aliphatic heterocycles. The predicted octanol–water partition coefficient (Wildman–Crippen LogP) is 4.93. The van der Waals surface area contributed by atoms with Gasteiger partial charge in [0.05, 0.1) is 0 Å². The van der Waals surface area contributed by atoms with Crippen molar-refractivity contribution in [3.05, 3.63) is 108 Å². The van der Waals surface area contributed by atoms with E-state index in [1.165, 1.54) is 16.7 Å². The number of hydrogen-bond acceptors (Lipinski definition) is 1. The Labute approximate surface area is 159 Å². The van der Waals surface area contributed by atoms with Crippen LogP contribution in [0.3, 0.4) is 0 Å². The van der Waals surface area contributed by atoms with Gasteiger partial charge in [0, 0.05) is 0 Å². The molecule has 0 bridgehead atoms. The minimum atomic E-state index is -0.184. The van der Waals surface area contributed by atoms with Gasteiger partial charge in [0.15, 0.2) is 0 Å². The van der Waals surface area contributed by atoms with Gasteiger partial charge < -0.3 is 0 Å². The summed E-state index contributed by atoms with van der Waals surface area (Å²) in [6.07, 6.45) is 2.80. The molecule has 3 aromatic carbocycles. The van der Waals surface area contributed by atoms with Crippen LogP contribution in [-0.2, 0) is 46.9 Å². The van der Waals surface area contributed by atoms with Crippen molar-refractivity contribution in [2.24, 2.45) is 0 Å². The number of rotatable bonds is 7. The molecule has 0 saturated heterocycles. The molecule has 3 rings (SSSR count). The van der Waals surface area contributed by atoms with E-state index in [1.54, 1.807) is 0 Å². The van der Waals surface area contributed by atoms with Crippen LogP contribution in [0.2, 0.25) is 0 Å². The van der Waals surface area contributed by atoms with Crippen molar-refractivity contribution in [1.29, 1.82) is 0 Å². The topological polar surface area (TPSA) is 9.23 Å². The fraction of sp³-hybridized carbons (Fsp3) is 0.182. The maximum absolute atomic E-state index is 6.29. The average molecular weight is 480 g/mol. The molecule has 0 spiro atoms. The molecule has 0 amide bonds. The van der Waals surface area contributed by atoms with Crippen molar-refractivity contribution < 1.29 is 27.7 Å². The van der Waals surface area contributed by atoms with Crippen molar-refractivity contribution in [3.63, 3.8) is 0 Å². The van der Waals surface area contributed by atoms with Gasteiger partial charge in [-0.25, -0.2) is 0 Å². The molecule has 0 aliphatic carbocycles. The molecule has 24 heavy (non-hydrogen) atoms. The van der Waals surface area contributed by atoms with Gasteiger partial charge >= 0.3 is 160 Å². The Morgan fingerprint density at radius 2 is 0.833 bits per heavy atom. The Morgan fingerprint density at radius 3 is 1.08 bits per heavy atom. The van der Waals surface area contributed by atoms with Crippen LogP contribution >= 0.6 is 0 Å². The Hall–Kier alpha value is -1.51. The summed E-state index contributed by atoms with van der Waals surface area (Å²) in [5.41, 5.74) is 3.82. The first-order valence-corrected chi connectivity index (χ1v) is 9.73. The number of hydrogen-bond donors (Lipinski definition) is 0. The zero-order valence-corrected chi connectivity index (χ0v) is 17.3. The molecule has 2 heteroatoms. The summed E-state index contributed by atoms with van der Waals surface area (Å²) >= 11 is 0.728. The van der Waals surface area contributed by atoms with E-state index in [4.69, 9.17) is 2.85 Å². The van der Waals surface area contributed by atoms with Crippen LogP contribution in [0.5, 0.6) is 0 Å². The van der Waals surface area contributed by atoms with Gasteiger partial charge in [-0.2, -0.15) is 0 Å². The third kappa shape index (κ3) is 4.75. The SMILES string of the molecule is [Hf][O]C(Cc1ccccc1)(Cc1ccccc1)Cc1ccccc1. The summed E-state index contributed by atoms with van der Waals surface area (Å²) < 4.78 is 6.29. The standard InChI is InChI=1S/C22H21O.Hf/c23-22(16-19-10-4-1-5-11-19,17-20-12-6-2-7-13-20)18-21-14-8-3-9-15-21;/h1-15H,16-18H2;/q-1;+1. The first kappa shape index (κ1) is 17.3. The third-order valence-electron chi connectivity index (χ3n) is 4.32. The second-order valence-electron chi connectivity index (χ2n) is 6.27. The van der Waals surface area contributed by atoms with Gasteiger partial charge in [0.2, 0.25) is 0 Å². The second-order valence-corrected chi connectivity index (χ2v) is 7.01. The van der Waals surface area contributed by atoms with E-state index in [1.807, 2.05) is 0 Å². The first-order valence-electron chi connectivity index (χ1n) is 8.26. The third-order valence-corrected chi connectivity index (χ3v) is 5.88. The van der Waals surface area contributed by atoms with Gasteiger partial charge in [0.1, 0.15) is 0 Å². The molecule has 3 aromatic rings. The minimum absolute atomic E-state index is 0.184. The Balaban J connectivity index is 1.91. The molecule has 0 heterocycles. The summed E-state index contributed by atoms with van der Waals surface area (Å²) in [5.74, 6) is 0. The normalized spacial score (nSPS) is 11.3. The second kappa shape index (κ2) is 8.55. The van der Waals surface area contributed by atoms with E-state index in [0.29, 0.717) is 0 Å². The molecule has 0 unspecified atom stereocenters. The van der Waals surface area contributed by atoms with Crippen molar-refractivity contribution in [1.82, 2.24) is 0 Å². The molecule has 0 saturated carbocycles. The molecule has 0 atom stereocenters. The fourth-order valence-corrected chi connectivity index (χ4v) is 3.98. The van der Waals surface area contributed by atoms with Crippen LogP contribution in [-0.4, -0.2) is 5.60 Å². The molecule has 1 nitrogen and oxygen atoms in total. The first-order chi connectivity index (χ1) is 11.8. The molecule has 0 N–H and O–H groups in total. The zero-order valence-electron chi connectivity index (χ0n) is 13.7. The van der Waals surface area contributed by atoms with E-state index in [9.17, 15) is 0 Å². The van der Waals surface area contributed by atoms with E-state index >= 15 is 0 Å². The summed E-state index contributed by atoms with van der Waals surface area (Å²) in [7, 11) is 0. The molecule has 0 fully saturated rings.